The predicted molar refractivity (Wildman–Crippen MR) is 121 cm³/mol. The molecule has 0 bridgehead atoms. The van der Waals surface area contributed by atoms with Gasteiger partial charge in [-0.05, 0) is 52.8 Å². The highest BCUT2D eigenvalue weighted by Crippen LogP contribution is 2.41. The fourth-order valence-corrected chi connectivity index (χ4v) is 2.93. The first-order valence-corrected chi connectivity index (χ1v) is 9.89. The van der Waals surface area contributed by atoms with Gasteiger partial charge >= 0.3 is 0 Å². The first kappa shape index (κ1) is 23.3. The van der Waals surface area contributed by atoms with Gasteiger partial charge in [-0.1, -0.05) is 46.7 Å². The Morgan fingerprint density at radius 3 is 2.03 bits per heavy atom. The first-order chi connectivity index (χ1) is 13.9. The van der Waals surface area contributed by atoms with E-state index in [1.54, 1.807) is 7.11 Å². The van der Waals surface area contributed by atoms with Gasteiger partial charge in [0.25, 0.3) is 5.91 Å². The molecule has 6 heteroatoms. The largest absolute Gasteiger partial charge is 0.507 e. The molecular weight excluding hydrogens is 380 g/mol. The lowest BCUT2D eigenvalue weighted by atomic mass is 9.79. The molecule has 1 amide bonds. The Kier molecular flexibility index (Phi) is 7.13. The van der Waals surface area contributed by atoms with E-state index in [1.807, 2.05) is 77.9 Å². The van der Waals surface area contributed by atoms with Crippen LogP contribution in [0.3, 0.4) is 0 Å². The second-order valence-corrected chi connectivity index (χ2v) is 9.25. The lowest BCUT2D eigenvalue weighted by Crippen LogP contribution is -2.21. The van der Waals surface area contributed by atoms with Gasteiger partial charge < -0.3 is 20.0 Å². The molecule has 0 aliphatic heterocycles. The number of phenolic OH excluding ortho intramolecular Hbond substituents is 1. The Bertz CT molecular complexity index is 869. The van der Waals surface area contributed by atoms with Crippen LogP contribution >= 0.6 is 0 Å². The molecule has 162 valence electrons. The summed E-state index contributed by atoms with van der Waals surface area (Å²) in [4.78, 5) is 17.4. The van der Waals surface area contributed by atoms with Crippen LogP contribution in [-0.4, -0.2) is 30.9 Å². The summed E-state index contributed by atoms with van der Waals surface area (Å²) in [5.74, 6) is 0.700. The van der Waals surface area contributed by atoms with Crippen molar-refractivity contribution in [2.75, 3.05) is 19.0 Å². The lowest BCUT2D eigenvalue weighted by Gasteiger charge is -2.28. The van der Waals surface area contributed by atoms with E-state index in [4.69, 9.17) is 9.57 Å². The third-order valence-corrected chi connectivity index (χ3v) is 4.60. The highest BCUT2D eigenvalue weighted by Gasteiger charge is 2.26. The van der Waals surface area contributed by atoms with Crippen molar-refractivity contribution >= 4 is 17.8 Å². The summed E-state index contributed by atoms with van der Waals surface area (Å²) in [5.41, 5.74) is 2.47. The first-order valence-electron chi connectivity index (χ1n) is 9.89. The molecule has 0 radical (unpaired) electrons. The zero-order chi connectivity index (χ0) is 22.5. The van der Waals surface area contributed by atoms with Crippen molar-refractivity contribution in [3.8, 4) is 11.5 Å². The number of hydrogen-bond donors (Lipinski definition) is 2. The average molecular weight is 413 g/mol. The van der Waals surface area contributed by atoms with Crippen LogP contribution in [0, 0.1) is 0 Å². The van der Waals surface area contributed by atoms with Crippen LogP contribution in [0.5, 0.6) is 11.5 Å². The zero-order valence-corrected chi connectivity index (χ0v) is 18.9. The molecule has 0 aromatic heterocycles. The Morgan fingerprint density at radius 2 is 1.57 bits per heavy atom. The number of phenols is 1. The second-order valence-electron chi connectivity index (χ2n) is 9.25. The molecule has 0 fully saturated rings. The van der Waals surface area contributed by atoms with Crippen molar-refractivity contribution in [2.45, 2.75) is 52.4 Å². The van der Waals surface area contributed by atoms with Crippen LogP contribution in [0.2, 0.25) is 0 Å². The fourth-order valence-electron chi connectivity index (χ4n) is 2.93. The van der Waals surface area contributed by atoms with E-state index in [2.05, 4.69) is 10.5 Å². The van der Waals surface area contributed by atoms with E-state index in [1.165, 1.54) is 6.21 Å². The van der Waals surface area contributed by atoms with Gasteiger partial charge in [0.05, 0.1) is 13.3 Å². The minimum Gasteiger partial charge on any atom is -0.507 e. The number of nitrogens with one attached hydrogen (secondary N) is 1. The average Bonchev–Trinajstić information content (AvgIpc) is 2.65. The van der Waals surface area contributed by atoms with Crippen molar-refractivity contribution in [3.05, 3.63) is 53.1 Å². The predicted octanol–water partition coefficient (Wildman–Crippen LogP) is 4.99. The summed E-state index contributed by atoms with van der Waals surface area (Å²) in [6.07, 6.45) is 1.53. The van der Waals surface area contributed by atoms with Gasteiger partial charge in [0.1, 0.15) is 11.5 Å². The summed E-state index contributed by atoms with van der Waals surface area (Å²) in [7, 11) is 1.60. The summed E-state index contributed by atoms with van der Waals surface area (Å²) in [5, 5.41) is 17.5. The molecular formula is C24H32N2O4. The topological polar surface area (TPSA) is 80.2 Å². The standard InChI is InChI=1S/C24H32N2O4/c1-23(2,3)19-12-17(13-20(22(19)28)24(4,5)6)26-21(27)15-30-25-14-16-8-10-18(29-7)11-9-16/h8-14,28H,15H2,1-7H3,(H,26,27). The van der Waals surface area contributed by atoms with Crippen LogP contribution < -0.4 is 10.1 Å². The highest BCUT2D eigenvalue weighted by molar-refractivity contribution is 5.92. The van der Waals surface area contributed by atoms with Gasteiger partial charge in [-0.2, -0.15) is 0 Å². The number of methoxy groups -OCH3 is 1. The quantitative estimate of drug-likeness (QED) is 0.398. The van der Waals surface area contributed by atoms with Crippen LogP contribution in [0.25, 0.3) is 0 Å². The fraction of sp³-hybridized carbons (Fsp3) is 0.417. The van der Waals surface area contributed by atoms with Crippen LogP contribution in [0.4, 0.5) is 5.69 Å². The van der Waals surface area contributed by atoms with E-state index in [9.17, 15) is 9.90 Å². The molecule has 2 aromatic rings. The molecule has 0 aliphatic rings. The number of carbonyl (C=O) groups excluding carboxylic acids is 1. The van der Waals surface area contributed by atoms with E-state index in [0.717, 1.165) is 22.4 Å². The Labute approximate surface area is 178 Å². The molecule has 0 saturated carbocycles. The number of aromatic hydroxyl groups is 1. The van der Waals surface area contributed by atoms with E-state index in [0.29, 0.717) is 5.69 Å². The van der Waals surface area contributed by atoms with Crippen LogP contribution in [0.1, 0.15) is 58.2 Å². The van der Waals surface area contributed by atoms with E-state index >= 15 is 0 Å². The normalized spacial score (nSPS) is 12.1. The highest BCUT2D eigenvalue weighted by atomic mass is 16.6. The number of oxime groups is 1. The molecule has 0 heterocycles. The number of carbonyl (C=O) groups is 1. The van der Waals surface area contributed by atoms with Crippen molar-refractivity contribution in [1.29, 1.82) is 0 Å². The van der Waals surface area contributed by atoms with Crippen molar-refractivity contribution in [1.82, 2.24) is 0 Å². The lowest BCUT2D eigenvalue weighted by molar-refractivity contribution is -0.120. The summed E-state index contributed by atoms with van der Waals surface area (Å²) < 4.78 is 5.10. The van der Waals surface area contributed by atoms with Crippen molar-refractivity contribution < 1.29 is 19.5 Å². The van der Waals surface area contributed by atoms with E-state index in [-0.39, 0.29) is 29.1 Å². The Hall–Kier alpha value is -3.02. The minimum atomic E-state index is -0.327. The van der Waals surface area contributed by atoms with Gasteiger partial charge in [-0.15, -0.1) is 0 Å². The molecule has 0 atom stereocenters. The number of benzene rings is 2. The molecule has 0 spiro atoms. The molecule has 2 rings (SSSR count). The van der Waals surface area contributed by atoms with Gasteiger partial charge in [0, 0.05) is 16.8 Å². The monoisotopic (exact) mass is 412 g/mol. The van der Waals surface area contributed by atoms with E-state index < -0.39 is 0 Å². The minimum absolute atomic E-state index is 0.219. The number of hydrogen-bond acceptors (Lipinski definition) is 5. The molecule has 0 aliphatic carbocycles. The Balaban J connectivity index is 2.07. The molecule has 30 heavy (non-hydrogen) atoms. The van der Waals surface area contributed by atoms with Gasteiger partial charge in [0.15, 0.2) is 6.61 Å². The SMILES string of the molecule is COc1ccc(C=NOCC(=O)Nc2cc(C(C)(C)C)c(O)c(C(C)(C)C)c2)cc1. The van der Waals surface area contributed by atoms with Crippen LogP contribution in [0.15, 0.2) is 41.6 Å². The maximum absolute atomic E-state index is 12.3. The van der Waals surface area contributed by atoms with Crippen molar-refractivity contribution in [3.63, 3.8) is 0 Å². The molecule has 6 nitrogen and oxygen atoms in total. The molecule has 2 N–H and O–H groups in total. The summed E-state index contributed by atoms with van der Waals surface area (Å²) in [6, 6.07) is 10.9. The number of anilines is 1. The number of ether oxygens (including phenoxy) is 1. The van der Waals surface area contributed by atoms with Crippen LogP contribution in [-0.2, 0) is 20.5 Å². The molecule has 2 aromatic carbocycles. The summed E-state index contributed by atoms with van der Waals surface area (Å²) in [6.45, 7) is 11.9. The smallest absolute Gasteiger partial charge is 0.265 e. The molecule has 0 unspecified atom stereocenters. The Morgan fingerprint density at radius 1 is 1.03 bits per heavy atom. The number of rotatable bonds is 6. The maximum Gasteiger partial charge on any atom is 0.265 e. The number of nitrogens with zero attached hydrogens (tertiary/aromatic N) is 1. The maximum atomic E-state index is 12.3. The number of amides is 1. The van der Waals surface area contributed by atoms with Gasteiger partial charge in [0.2, 0.25) is 0 Å². The molecule has 0 saturated heterocycles. The third-order valence-electron chi connectivity index (χ3n) is 4.60. The second kappa shape index (κ2) is 9.20. The van der Waals surface area contributed by atoms with Crippen molar-refractivity contribution in [2.24, 2.45) is 5.16 Å². The summed E-state index contributed by atoms with van der Waals surface area (Å²) >= 11 is 0. The third kappa shape index (κ3) is 6.24. The zero-order valence-electron chi connectivity index (χ0n) is 18.9. The van der Waals surface area contributed by atoms with Gasteiger partial charge in [-0.3, -0.25) is 4.79 Å². The van der Waals surface area contributed by atoms with Gasteiger partial charge in [-0.25, -0.2) is 0 Å².